The van der Waals surface area contributed by atoms with Gasteiger partial charge in [0, 0.05) is 26.1 Å². The Morgan fingerprint density at radius 3 is 2.73 bits per heavy atom. The quantitative estimate of drug-likeness (QED) is 0.824. The van der Waals surface area contributed by atoms with Crippen LogP contribution in [-0.4, -0.2) is 45.5 Å². The lowest BCUT2D eigenvalue weighted by Gasteiger charge is -2.33. The molecule has 5 heteroatoms. The van der Waals surface area contributed by atoms with Crippen LogP contribution in [0.15, 0.2) is 30.3 Å². The molecule has 1 aromatic heterocycles. The van der Waals surface area contributed by atoms with Crippen molar-refractivity contribution >= 4 is 0 Å². The van der Waals surface area contributed by atoms with Gasteiger partial charge in [-0.15, -0.1) is 0 Å². The van der Waals surface area contributed by atoms with Gasteiger partial charge < -0.3 is 4.74 Å². The lowest BCUT2D eigenvalue weighted by molar-refractivity contribution is -0.0319. The van der Waals surface area contributed by atoms with Gasteiger partial charge in [0.05, 0.1) is 18.8 Å². The number of aryl methyl sites for hydroxylation is 1. The van der Waals surface area contributed by atoms with Crippen LogP contribution in [0.5, 0.6) is 0 Å². The number of morpholine rings is 1. The van der Waals surface area contributed by atoms with Gasteiger partial charge >= 0.3 is 0 Å². The second-order valence-electron chi connectivity index (χ2n) is 7.73. The van der Waals surface area contributed by atoms with E-state index in [0.717, 1.165) is 44.3 Å². The summed E-state index contributed by atoms with van der Waals surface area (Å²) in [5, 5.41) is 4.72. The predicted octanol–water partition coefficient (Wildman–Crippen LogP) is 3.54. The molecule has 0 radical (unpaired) electrons. The highest BCUT2D eigenvalue weighted by molar-refractivity contribution is 5.14. The number of ether oxygens (including phenoxy) is 1. The Morgan fingerprint density at radius 1 is 1.12 bits per heavy atom. The van der Waals surface area contributed by atoms with Gasteiger partial charge in [0.2, 0.25) is 0 Å². The first-order valence-corrected chi connectivity index (χ1v) is 10.1. The van der Waals surface area contributed by atoms with Gasteiger partial charge in [0.1, 0.15) is 11.6 Å². The summed E-state index contributed by atoms with van der Waals surface area (Å²) in [6.45, 7) is 5.76. The Balaban J connectivity index is 1.40. The average molecular weight is 354 g/mol. The SMILES string of the molecule is Cc1nc(C[C@H]2CN(Cc3ccccc3)CCO2)n(C2CCCCC2)n1. The summed E-state index contributed by atoms with van der Waals surface area (Å²) in [6.07, 6.45) is 7.53. The van der Waals surface area contributed by atoms with E-state index in [1.165, 1.54) is 37.7 Å². The Hall–Kier alpha value is -1.72. The first-order chi connectivity index (χ1) is 12.8. The van der Waals surface area contributed by atoms with E-state index in [9.17, 15) is 0 Å². The van der Waals surface area contributed by atoms with Crippen LogP contribution in [0.3, 0.4) is 0 Å². The van der Waals surface area contributed by atoms with E-state index in [1.807, 2.05) is 6.92 Å². The molecule has 1 aliphatic carbocycles. The van der Waals surface area contributed by atoms with Crippen LogP contribution in [-0.2, 0) is 17.7 Å². The van der Waals surface area contributed by atoms with E-state index in [-0.39, 0.29) is 6.10 Å². The third-order valence-electron chi connectivity index (χ3n) is 5.61. The van der Waals surface area contributed by atoms with Gasteiger partial charge in [0.15, 0.2) is 0 Å². The van der Waals surface area contributed by atoms with Crippen LogP contribution in [0, 0.1) is 6.92 Å². The number of aromatic nitrogens is 3. The fourth-order valence-electron chi connectivity index (χ4n) is 4.32. The molecule has 0 N–H and O–H groups in total. The lowest BCUT2D eigenvalue weighted by Crippen LogP contribution is -2.43. The van der Waals surface area contributed by atoms with Gasteiger partial charge in [-0.2, -0.15) is 5.10 Å². The van der Waals surface area contributed by atoms with Crippen molar-refractivity contribution in [1.82, 2.24) is 19.7 Å². The van der Waals surface area contributed by atoms with Gasteiger partial charge in [-0.3, -0.25) is 4.90 Å². The molecule has 140 valence electrons. The van der Waals surface area contributed by atoms with Gasteiger partial charge in [-0.1, -0.05) is 49.6 Å². The number of benzene rings is 1. The van der Waals surface area contributed by atoms with Gasteiger partial charge in [-0.25, -0.2) is 9.67 Å². The first kappa shape index (κ1) is 17.7. The Bertz CT molecular complexity index is 693. The van der Waals surface area contributed by atoms with Crippen LogP contribution in [0.2, 0.25) is 0 Å². The smallest absolute Gasteiger partial charge is 0.147 e. The Kier molecular flexibility index (Phi) is 5.65. The van der Waals surface area contributed by atoms with Gasteiger partial charge in [0.25, 0.3) is 0 Å². The third kappa shape index (κ3) is 4.33. The highest BCUT2D eigenvalue weighted by atomic mass is 16.5. The molecular weight excluding hydrogens is 324 g/mol. The van der Waals surface area contributed by atoms with E-state index >= 15 is 0 Å². The Morgan fingerprint density at radius 2 is 1.92 bits per heavy atom. The standard InChI is InChI=1S/C21H30N4O/c1-17-22-21(25(23-17)19-10-6-3-7-11-19)14-20-16-24(12-13-26-20)15-18-8-4-2-5-9-18/h2,4-5,8-9,19-20H,3,6-7,10-16H2,1H3/t20-/m0/s1. The van der Waals surface area contributed by atoms with Crippen molar-refractivity contribution in [2.45, 2.75) is 64.1 Å². The average Bonchev–Trinajstić information content (AvgIpc) is 3.04. The van der Waals surface area contributed by atoms with Crippen LogP contribution in [0.25, 0.3) is 0 Å². The van der Waals surface area contributed by atoms with Crippen LogP contribution in [0.1, 0.15) is 55.4 Å². The second-order valence-corrected chi connectivity index (χ2v) is 7.73. The summed E-state index contributed by atoms with van der Waals surface area (Å²) >= 11 is 0. The zero-order valence-electron chi connectivity index (χ0n) is 15.8. The highest BCUT2D eigenvalue weighted by Gasteiger charge is 2.26. The van der Waals surface area contributed by atoms with Crippen molar-refractivity contribution in [3.05, 3.63) is 47.5 Å². The normalized spacial score (nSPS) is 22.6. The molecule has 2 aliphatic rings. The summed E-state index contributed by atoms with van der Waals surface area (Å²) in [5.74, 6) is 2.00. The van der Waals surface area contributed by atoms with E-state index in [2.05, 4.69) is 39.9 Å². The van der Waals surface area contributed by atoms with E-state index < -0.39 is 0 Å². The fourth-order valence-corrected chi connectivity index (χ4v) is 4.32. The van der Waals surface area contributed by atoms with E-state index in [4.69, 9.17) is 14.8 Å². The third-order valence-corrected chi connectivity index (χ3v) is 5.61. The maximum Gasteiger partial charge on any atom is 0.147 e. The zero-order chi connectivity index (χ0) is 17.8. The van der Waals surface area contributed by atoms with Crippen LogP contribution >= 0.6 is 0 Å². The molecule has 2 heterocycles. The molecule has 0 spiro atoms. The molecule has 26 heavy (non-hydrogen) atoms. The van der Waals surface area contributed by atoms with Gasteiger partial charge in [-0.05, 0) is 25.3 Å². The second kappa shape index (κ2) is 8.31. The van der Waals surface area contributed by atoms with Crippen molar-refractivity contribution in [2.75, 3.05) is 19.7 Å². The molecule has 0 amide bonds. The molecule has 2 fully saturated rings. The number of hydrogen-bond acceptors (Lipinski definition) is 4. The fraction of sp³-hybridized carbons (Fsp3) is 0.619. The van der Waals surface area contributed by atoms with Crippen molar-refractivity contribution in [1.29, 1.82) is 0 Å². The maximum atomic E-state index is 6.08. The number of rotatable bonds is 5. The maximum absolute atomic E-state index is 6.08. The summed E-state index contributed by atoms with van der Waals surface area (Å²) in [5.41, 5.74) is 1.37. The lowest BCUT2D eigenvalue weighted by atomic mass is 9.95. The summed E-state index contributed by atoms with van der Waals surface area (Å²) < 4.78 is 8.29. The molecule has 0 bridgehead atoms. The minimum atomic E-state index is 0.207. The van der Waals surface area contributed by atoms with Crippen LogP contribution in [0.4, 0.5) is 0 Å². The monoisotopic (exact) mass is 354 g/mol. The topological polar surface area (TPSA) is 43.2 Å². The highest BCUT2D eigenvalue weighted by Crippen LogP contribution is 2.29. The number of nitrogens with zero attached hydrogens (tertiary/aromatic N) is 4. The minimum absolute atomic E-state index is 0.207. The molecule has 4 rings (SSSR count). The van der Waals surface area contributed by atoms with E-state index in [1.54, 1.807) is 0 Å². The summed E-state index contributed by atoms with van der Waals surface area (Å²) in [6, 6.07) is 11.2. The molecule has 0 unspecified atom stereocenters. The molecule has 1 atom stereocenters. The van der Waals surface area contributed by atoms with Crippen molar-refractivity contribution in [2.24, 2.45) is 0 Å². The predicted molar refractivity (Wildman–Crippen MR) is 102 cm³/mol. The van der Waals surface area contributed by atoms with Crippen LogP contribution < -0.4 is 0 Å². The molecule has 1 saturated carbocycles. The molecule has 1 saturated heterocycles. The molecule has 5 nitrogen and oxygen atoms in total. The van der Waals surface area contributed by atoms with Crippen molar-refractivity contribution in [3.63, 3.8) is 0 Å². The number of hydrogen-bond donors (Lipinski definition) is 0. The minimum Gasteiger partial charge on any atom is -0.375 e. The summed E-state index contributed by atoms with van der Waals surface area (Å²) in [7, 11) is 0. The molecule has 2 aromatic rings. The van der Waals surface area contributed by atoms with E-state index in [0.29, 0.717) is 6.04 Å². The van der Waals surface area contributed by atoms with Crippen molar-refractivity contribution < 1.29 is 4.74 Å². The Labute approximate surface area is 156 Å². The molecular formula is C21H30N4O. The zero-order valence-corrected chi connectivity index (χ0v) is 15.8. The summed E-state index contributed by atoms with van der Waals surface area (Å²) in [4.78, 5) is 7.24. The van der Waals surface area contributed by atoms with Crippen molar-refractivity contribution in [3.8, 4) is 0 Å². The molecule has 1 aromatic carbocycles. The molecule has 1 aliphatic heterocycles. The largest absolute Gasteiger partial charge is 0.375 e. The first-order valence-electron chi connectivity index (χ1n) is 10.1.